The molecule has 6 heteroatoms. The van der Waals surface area contributed by atoms with E-state index in [2.05, 4.69) is 29.7 Å². The number of hydrogen-bond acceptors (Lipinski definition) is 4. The Bertz CT molecular complexity index is 821. The van der Waals surface area contributed by atoms with E-state index in [9.17, 15) is 4.79 Å². The quantitative estimate of drug-likeness (QED) is 0.144. The van der Waals surface area contributed by atoms with Crippen molar-refractivity contribution in [1.82, 2.24) is 5.32 Å². The van der Waals surface area contributed by atoms with Crippen LogP contribution in [0.3, 0.4) is 0 Å². The van der Waals surface area contributed by atoms with E-state index in [4.69, 9.17) is 17.0 Å². The topological polar surface area (TPSA) is 50.4 Å². The van der Waals surface area contributed by atoms with Gasteiger partial charge in [-0.3, -0.25) is 0 Å². The molecule has 1 heterocycles. The number of rotatable bonds is 16. The van der Waals surface area contributed by atoms with Crippen molar-refractivity contribution in [1.29, 1.82) is 0 Å². The minimum Gasteiger partial charge on any atom is -0.462 e. The Kier molecular flexibility index (Phi) is 13.8. The van der Waals surface area contributed by atoms with E-state index in [-0.39, 0.29) is 5.97 Å². The highest BCUT2D eigenvalue weighted by molar-refractivity contribution is 7.80. The Morgan fingerprint density at radius 1 is 0.939 bits per heavy atom. The number of carbonyl (C=O) groups is 1. The molecule has 0 saturated heterocycles. The largest absolute Gasteiger partial charge is 0.462 e. The van der Waals surface area contributed by atoms with E-state index < -0.39 is 0 Å². The first-order valence-electron chi connectivity index (χ1n) is 12.5. The lowest BCUT2D eigenvalue weighted by molar-refractivity contribution is 0.0528. The average molecular weight is 489 g/mol. The summed E-state index contributed by atoms with van der Waals surface area (Å²) in [6.07, 6.45) is 13.9. The predicted octanol–water partition coefficient (Wildman–Crippen LogP) is 7.72. The van der Waals surface area contributed by atoms with Gasteiger partial charge in [0.05, 0.1) is 12.2 Å². The zero-order valence-electron chi connectivity index (χ0n) is 20.3. The molecule has 0 amide bonds. The van der Waals surface area contributed by atoms with Crippen molar-refractivity contribution in [2.75, 3.05) is 18.5 Å². The maximum Gasteiger partial charge on any atom is 0.341 e. The standard InChI is InChI=1S/C27H40N2O2S2/c1-3-5-6-7-8-9-10-11-12-16-19-28-27(32)29-25-24(26(30)31-4-2)21-23(33-25)20-22-17-14-13-15-18-22/h13-15,17-18,21H,3-12,16,19-20H2,1-2H3,(H2,28,29,32). The van der Waals surface area contributed by atoms with Crippen molar-refractivity contribution in [3.8, 4) is 0 Å². The second-order valence-corrected chi connectivity index (χ2v) is 9.95. The number of nitrogens with one attached hydrogen (secondary N) is 2. The number of benzene rings is 1. The molecule has 1 aromatic heterocycles. The Hall–Kier alpha value is -1.92. The third-order valence-corrected chi connectivity index (χ3v) is 6.84. The van der Waals surface area contributed by atoms with Gasteiger partial charge in [-0.15, -0.1) is 11.3 Å². The summed E-state index contributed by atoms with van der Waals surface area (Å²) < 4.78 is 5.25. The molecule has 33 heavy (non-hydrogen) atoms. The first kappa shape index (κ1) is 27.3. The van der Waals surface area contributed by atoms with E-state index in [0.29, 0.717) is 17.3 Å². The van der Waals surface area contributed by atoms with Gasteiger partial charge in [-0.25, -0.2) is 4.79 Å². The number of carbonyl (C=O) groups excluding carboxylic acids is 1. The van der Waals surface area contributed by atoms with Gasteiger partial charge in [0.25, 0.3) is 0 Å². The minimum atomic E-state index is -0.312. The molecule has 4 nitrogen and oxygen atoms in total. The SMILES string of the molecule is CCCCCCCCCCCCNC(=S)Nc1sc(Cc2ccccc2)cc1C(=O)OCC. The molecule has 0 aliphatic carbocycles. The van der Waals surface area contributed by atoms with Crippen LogP contribution < -0.4 is 10.6 Å². The van der Waals surface area contributed by atoms with E-state index in [1.807, 2.05) is 31.2 Å². The Morgan fingerprint density at radius 2 is 1.58 bits per heavy atom. The molecular formula is C27H40N2O2S2. The van der Waals surface area contributed by atoms with Crippen LogP contribution >= 0.6 is 23.6 Å². The normalized spacial score (nSPS) is 10.7. The molecule has 2 N–H and O–H groups in total. The van der Waals surface area contributed by atoms with Crippen molar-refractivity contribution < 1.29 is 9.53 Å². The highest BCUT2D eigenvalue weighted by Gasteiger charge is 2.18. The highest BCUT2D eigenvalue weighted by Crippen LogP contribution is 2.30. The van der Waals surface area contributed by atoms with Gasteiger partial charge in [-0.05, 0) is 37.2 Å². The van der Waals surface area contributed by atoms with Crippen molar-refractivity contribution in [2.24, 2.45) is 0 Å². The van der Waals surface area contributed by atoms with Gasteiger partial charge in [-0.2, -0.15) is 0 Å². The molecule has 0 radical (unpaired) electrons. The molecule has 2 rings (SSSR count). The molecule has 182 valence electrons. The lowest BCUT2D eigenvalue weighted by atomic mass is 10.1. The van der Waals surface area contributed by atoms with Crippen LogP contribution in [0.4, 0.5) is 5.00 Å². The van der Waals surface area contributed by atoms with Gasteiger partial charge in [0.15, 0.2) is 5.11 Å². The second kappa shape index (κ2) is 16.7. The zero-order chi connectivity index (χ0) is 23.7. The fourth-order valence-corrected chi connectivity index (χ4v) is 5.09. The maximum atomic E-state index is 12.5. The minimum absolute atomic E-state index is 0.312. The number of ether oxygens (including phenoxy) is 1. The fourth-order valence-electron chi connectivity index (χ4n) is 3.74. The smallest absolute Gasteiger partial charge is 0.341 e. The van der Waals surface area contributed by atoms with Gasteiger partial charge < -0.3 is 15.4 Å². The van der Waals surface area contributed by atoms with Gasteiger partial charge >= 0.3 is 5.97 Å². The first-order valence-corrected chi connectivity index (χ1v) is 13.7. The Balaban J connectivity index is 1.74. The highest BCUT2D eigenvalue weighted by atomic mass is 32.1. The molecular weight excluding hydrogens is 448 g/mol. The molecule has 0 unspecified atom stereocenters. The molecule has 0 bridgehead atoms. The van der Waals surface area contributed by atoms with Crippen LogP contribution in [0.2, 0.25) is 0 Å². The zero-order valence-corrected chi connectivity index (χ0v) is 21.9. The van der Waals surface area contributed by atoms with Crippen molar-refractivity contribution >= 4 is 39.6 Å². The Morgan fingerprint density at radius 3 is 2.21 bits per heavy atom. The number of thiocarbonyl (C=S) groups is 1. The summed E-state index contributed by atoms with van der Waals surface area (Å²) in [7, 11) is 0. The van der Waals surface area contributed by atoms with Gasteiger partial charge in [0.2, 0.25) is 0 Å². The van der Waals surface area contributed by atoms with Crippen LogP contribution in [0.1, 0.15) is 98.9 Å². The number of unbranched alkanes of at least 4 members (excludes halogenated alkanes) is 9. The van der Waals surface area contributed by atoms with Crippen LogP contribution in [-0.2, 0) is 11.2 Å². The van der Waals surface area contributed by atoms with E-state index in [0.717, 1.165) is 29.3 Å². The number of esters is 1. The molecule has 0 spiro atoms. The number of thiophene rings is 1. The van der Waals surface area contributed by atoms with E-state index >= 15 is 0 Å². The summed E-state index contributed by atoms with van der Waals surface area (Å²) in [5.41, 5.74) is 1.76. The summed E-state index contributed by atoms with van der Waals surface area (Å²) >= 11 is 7.05. The average Bonchev–Trinajstić information content (AvgIpc) is 3.20. The molecule has 0 aliphatic heterocycles. The number of anilines is 1. The maximum absolute atomic E-state index is 12.5. The van der Waals surface area contributed by atoms with Crippen LogP contribution in [0.25, 0.3) is 0 Å². The molecule has 0 aliphatic rings. The van der Waals surface area contributed by atoms with Crippen molar-refractivity contribution in [3.63, 3.8) is 0 Å². The van der Waals surface area contributed by atoms with Crippen LogP contribution in [0.15, 0.2) is 36.4 Å². The van der Waals surface area contributed by atoms with Gasteiger partial charge in [0.1, 0.15) is 5.00 Å². The lowest BCUT2D eigenvalue weighted by Gasteiger charge is -2.10. The summed E-state index contributed by atoms with van der Waals surface area (Å²) in [4.78, 5) is 13.6. The molecule has 0 atom stereocenters. The number of hydrogen-bond donors (Lipinski definition) is 2. The van der Waals surface area contributed by atoms with Crippen molar-refractivity contribution in [3.05, 3.63) is 52.4 Å². The van der Waals surface area contributed by atoms with Gasteiger partial charge in [0, 0.05) is 17.8 Å². The van der Waals surface area contributed by atoms with Gasteiger partial charge in [-0.1, -0.05) is 95.0 Å². The second-order valence-electron chi connectivity index (χ2n) is 8.40. The lowest BCUT2D eigenvalue weighted by Crippen LogP contribution is -2.29. The molecule has 1 aromatic carbocycles. The third kappa shape index (κ3) is 11.2. The predicted molar refractivity (Wildman–Crippen MR) is 146 cm³/mol. The fraction of sp³-hybridized carbons (Fsp3) is 0.556. The summed E-state index contributed by atoms with van der Waals surface area (Å²) in [6, 6.07) is 12.2. The Labute approximate surface area is 209 Å². The summed E-state index contributed by atoms with van der Waals surface area (Å²) in [5, 5.41) is 7.83. The monoisotopic (exact) mass is 488 g/mol. The molecule has 0 fully saturated rings. The molecule has 2 aromatic rings. The molecule has 0 saturated carbocycles. The third-order valence-electron chi connectivity index (χ3n) is 5.54. The summed E-state index contributed by atoms with van der Waals surface area (Å²) in [5.74, 6) is -0.312. The van der Waals surface area contributed by atoms with Crippen LogP contribution in [-0.4, -0.2) is 24.2 Å². The van der Waals surface area contributed by atoms with Crippen molar-refractivity contribution in [2.45, 2.75) is 84.5 Å². The first-order chi connectivity index (χ1) is 16.1. The van der Waals surface area contributed by atoms with Crippen LogP contribution in [0.5, 0.6) is 0 Å². The van der Waals surface area contributed by atoms with E-state index in [1.54, 1.807) is 11.3 Å². The van der Waals surface area contributed by atoms with E-state index in [1.165, 1.54) is 63.4 Å². The van der Waals surface area contributed by atoms with Crippen LogP contribution in [0, 0.1) is 0 Å². The summed E-state index contributed by atoms with van der Waals surface area (Å²) in [6.45, 7) is 5.28.